The highest BCUT2D eigenvalue weighted by Gasteiger charge is 2.08. The quantitative estimate of drug-likeness (QED) is 0.834. The average Bonchev–Trinajstić information content (AvgIpc) is 2.34. The van der Waals surface area contributed by atoms with Crippen molar-refractivity contribution in [1.29, 1.82) is 0 Å². The molecule has 2 rings (SSSR count). The van der Waals surface area contributed by atoms with Gasteiger partial charge in [0, 0.05) is 11.7 Å². The van der Waals surface area contributed by atoms with Gasteiger partial charge in [0.15, 0.2) is 0 Å². The third-order valence-corrected chi connectivity index (χ3v) is 3.60. The summed E-state index contributed by atoms with van der Waals surface area (Å²) in [5, 5.41) is 3.31. The van der Waals surface area contributed by atoms with Gasteiger partial charge in [-0.25, -0.2) is 4.39 Å². The molecule has 2 aromatic carbocycles. The number of rotatable bonds is 3. The van der Waals surface area contributed by atoms with E-state index in [9.17, 15) is 4.39 Å². The Morgan fingerprint density at radius 2 is 1.89 bits per heavy atom. The van der Waals surface area contributed by atoms with Crippen molar-refractivity contribution in [1.82, 2.24) is 0 Å². The van der Waals surface area contributed by atoms with Crippen LogP contribution in [0, 0.1) is 12.7 Å². The first kappa shape index (κ1) is 13.1. The third kappa shape index (κ3) is 2.91. The molecule has 0 bridgehead atoms. The van der Waals surface area contributed by atoms with E-state index in [0.29, 0.717) is 4.47 Å². The van der Waals surface area contributed by atoms with E-state index in [1.165, 1.54) is 17.2 Å². The van der Waals surface area contributed by atoms with Crippen LogP contribution in [0.15, 0.2) is 46.9 Å². The van der Waals surface area contributed by atoms with Gasteiger partial charge in [-0.2, -0.15) is 0 Å². The number of hydrogen-bond acceptors (Lipinski definition) is 1. The molecule has 0 heterocycles. The molecule has 0 saturated carbocycles. The van der Waals surface area contributed by atoms with Gasteiger partial charge in [0.05, 0.1) is 4.47 Å². The molecule has 0 aliphatic rings. The van der Waals surface area contributed by atoms with Crippen LogP contribution in [0.25, 0.3) is 0 Å². The van der Waals surface area contributed by atoms with E-state index < -0.39 is 0 Å². The summed E-state index contributed by atoms with van der Waals surface area (Å²) in [7, 11) is 0. The van der Waals surface area contributed by atoms with Crippen molar-refractivity contribution >= 4 is 21.6 Å². The average molecular weight is 308 g/mol. The second-order valence-electron chi connectivity index (χ2n) is 4.35. The Morgan fingerprint density at radius 1 is 1.17 bits per heavy atom. The van der Waals surface area contributed by atoms with Crippen molar-refractivity contribution < 1.29 is 4.39 Å². The van der Waals surface area contributed by atoms with Gasteiger partial charge in [-0.15, -0.1) is 0 Å². The summed E-state index contributed by atoms with van der Waals surface area (Å²) in [6, 6.07) is 13.4. The van der Waals surface area contributed by atoms with Crippen LogP contribution >= 0.6 is 15.9 Å². The molecule has 1 atom stereocenters. The molecule has 1 N–H and O–H groups in total. The Labute approximate surface area is 115 Å². The van der Waals surface area contributed by atoms with Crippen LogP contribution in [0.4, 0.5) is 10.1 Å². The van der Waals surface area contributed by atoms with Gasteiger partial charge in [0.25, 0.3) is 0 Å². The van der Waals surface area contributed by atoms with Gasteiger partial charge in [0.2, 0.25) is 0 Å². The molecule has 0 aromatic heterocycles. The first-order chi connectivity index (χ1) is 8.58. The van der Waals surface area contributed by atoms with Crippen LogP contribution in [-0.4, -0.2) is 0 Å². The summed E-state index contributed by atoms with van der Waals surface area (Å²) in [5.74, 6) is -0.253. The van der Waals surface area contributed by atoms with E-state index in [1.807, 2.05) is 18.2 Å². The van der Waals surface area contributed by atoms with Crippen LogP contribution in [0.1, 0.15) is 24.1 Å². The number of benzene rings is 2. The first-order valence-electron chi connectivity index (χ1n) is 5.85. The van der Waals surface area contributed by atoms with E-state index in [4.69, 9.17) is 0 Å². The molecule has 0 fully saturated rings. The SMILES string of the molecule is Cc1ccccc1C(C)Nc1ccc(Br)c(F)c1. The Morgan fingerprint density at radius 3 is 2.56 bits per heavy atom. The summed E-state index contributed by atoms with van der Waals surface area (Å²) >= 11 is 3.15. The highest BCUT2D eigenvalue weighted by Crippen LogP contribution is 2.24. The van der Waals surface area contributed by atoms with Crippen LogP contribution in [0.3, 0.4) is 0 Å². The molecule has 2 aromatic rings. The number of aryl methyl sites for hydroxylation is 1. The van der Waals surface area contributed by atoms with Crippen LogP contribution in [-0.2, 0) is 0 Å². The molecule has 0 saturated heterocycles. The van der Waals surface area contributed by atoms with E-state index in [2.05, 4.69) is 47.2 Å². The molecule has 94 valence electrons. The van der Waals surface area contributed by atoms with E-state index >= 15 is 0 Å². The Kier molecular flexibility index (Phi) is 4.02. The number of halogens is 2. The lowest BCUT2D eigenvalue weighted by atomic mass is 10.0. The smallest absolute Gasteiger partial charge is 0.139 e. The van der Waals surface area contributed by atoms with Gasteiger partial charge in [0.1, 0.15) is 5.82 Å². The van der Waals surface area contributed by atoms with Crippen molar-refractivity contribution in [3.8, 4) is 0 Å². The minimum Gasteiger partial charge on any atom is -0.378 e. The molecule has 0 aliphatic heterocycles. The zero-order valence-electron chi connectivity index (χ0n) is 10.4. The number of hydrogen-bond donors (Lipinski definition) is 1. The zero-order valence-corrected chi connectivity index (χ0v) is 12.0. The van der Waals surface area contributed by atoms with E-state index in [0.717, 1.165) is 5.69 Å². The maximum atomic E-state index is 13.4. The topological polar surface area (TPSA) is 12.0 Å². The van der Waals surface area contributed by atoms with Crippen molar-refractivity contribution in [2.45, 2.75) is 19.9 Å². The van der Waals surface area contributed by atoms with Crippen LogP contribution < -0.4 is 5.32 Å². The fourth-order valence-electron chi connectivity index (χ4n) is 1.99. The molecule has 18 heavy (non-hydrogen) atoms. The van der Waals surface area contributed by atoms with Gasteiger partial charge >= 0.3 is 0 Å². The summed E-state index contributed by atoms with van der Waals surface area (Å²) in [5.41, 5.74) is 3.24. The summed E-state index contributed by atoms with van der Waals surface area (Å²) < 4.78 is 13.9. The maximum absolute atomic E-state index is 13.4. The molecule has 0 aliphatic carbocycles. The lowest BCUT2D eigenvalue weighted by Gasteiger charge is -2.18. The fraction of sp³-hybridized carbons (Fsp3) is 0.200. The fourth-order valence-corrected chi connectivity index (χ4v) is 2.23. The molecular formula is C15H15BrFN. The van der Waals surface area contributed by atoms with Crippen molar-refractivity contribution in [2.75, 3.05) is 5.32 Å². The monoisotopic (exact) mass is 307 g/mol. The minimum atomic E-state index is -0.253. The Balaban J connectivity index is 2.19. The zero-order chi connectivity index (χ0) is 13.1. The van der Waals surface area contributed by atoms with Crippen LogP contribution in [0.2, 0.25) is 0 Å². The Hall–Kier alpha value is -1.35. The second-order valence-corrected chi connectivity index (χ2v) is 5.21. The molecule has 0 amide bonds. The molecular weight excluding hydrogens is 293 g/mol. The highest BCUT2D eigenvalue weighted by atomic mass is 79.9. The van der Waals surface area contributed by atoms with Gasteiger partial charge < -0.3 is 5.32 Å². The van der Waals surface area contributed by atoms with Crippen molar-refractivity contribution in [2.24, 2.45) is 0 Å². The summed E-state index contributed by atoms with van der Waals surface area (Å²) in [6.45, 7) is 4.15. The molecule has 1 nitrogen and oxygen atoms in total. The third-order valence-electron chi connectivity index (χ3n) is 2.96. The first-order valence-corrected chi connectivity index (χ1v) is 6.64. The Bertz CT molecular complexity index is 554. The largest absolute Gasteiger partial charge is 0.378 e. The molecule has 3 heteroatoms. The number of nitrogens with one attached hydrogen (secondary N) is 1. The summed E-state index contributed by atoms with van der Waals surface area (Å²) in [4.78, 5) is 0. The predicted molar refractivity (Wildman–Crippen MR) is 77.3 cm³/mol. The lowest BCUT2D eigenvalue weighted by molar-refractivity contribution is 0.621. The standard InChI is InChI=1S/C15H15BrFN/c1-10-5-3-4-6-13(10)11(2)18-12-7-8-14(16)15(17)9-12/h3-9,11,18H,1-2H3. The lowest BCUT2D eigenvalue weighted by Crippen LogP contribution is -2.08. The predicted octanol–water partition coefficient (Wildman–Crippen LogP) is 5.07. The van der Waals surface area contributed by atoms with Crippen LogP contribution in [0.5, 0.6) is 0 Å². The van der Waals surface area contributed by atoms with Crippen molar-refractivity contribution in [3.05, 3.63) is 63.9 Å². The second kappa shape index (κ2) is 5.53. The van der Waals surface area contributed by atoms with E-state index in [-0.39, 0.29) is 11.9 Å². The maximum Gasteiger partial charge on any atom is 0.139 e. The van der Waals surface area contributed by atoms with Gasteiger partial charge in [-0.1, -0.05) is 24.3 Å². The summed E-state index contributed by atoms with van der Waals surface area (Å²) in [6.07, 6.45) is 0. The molecule has 0 spiro atoms. The molecule has 1 unspecified atom stereocenters. The number of anilines is 1. The van der Waals surface area contributed by atoms with Gasteiger partial charge in [-0.3, -0.25) is 0 Å². The normalized spacial score (nSPS) is 12.2. The van der Waals surface area contributed by atoms with Gasteiger partial charge in [-0.05, 0) is 59.1 Å². The highest BCUT2D eigenvalue weighted by molar-refractivity contribution is 9.10. The minimum absolute atomic E-state index is 0.145. The van der Waals surface area contributed by atoms with E-state index in [1.54, 1.807) is 6.07 Å². The van der Waals surface area contributed by atoms with Crippen molar-refractivity contribution in [3.63, 3.8) is 0 Å². The molecule has 0 radical (unpaired) electrons.